The van der Waals surface area contributed by atoms with E-state index in [-0.39, 0.29) is 6.42 Å². The third kappa shape index (κ3) is 7.74. The van der Waals surface area contributed by atoms with Gasteiger partial charge in [-0.05, 0) is 24.0 Å². The summed E-state index contributed by atoms with van der Waals surface area (Å²) in [5.74, 6) is -0.698. The number of benzene rings is 1. The summed E-state index contributed by atoms with van der Waals surface area (Å²) in [5.41, 5.74) is 2.30. The predicted octanol–water partition coefficient (Wildman–Crippen LogP) is 4.27. The first kappa shape index (κ1) is 16.4. The second-order valence-corrected chi connectivity index (χ2v) is 4.91. The smallest absolute Gasteiger partial charge is 0.303 e. The van der Waals surface area contributed by atoms with Crippen LogP contribution in [0, 0.1) is 0 Å². The van der Waals surface area contributed by atoms with Gasteiger partial charge in [-0.2, -0.15) is 0 Å². The standard InChI is InChI=1S/C17H24O3/c1-2-15-9-11-16(12-10-15)14-20-13-7-5-3-4-6-8-17(18)19/h2,9-12H,1,3-8,13-14H2,(H,18,19). The number of ether oxygens (including phenoxy) is 1. The normalized spacial score (nSPS) is 10.4. The van der Waals surface area contributed by atoms with Gasteiger partial charge < -0.3 is 9.84 Å². The van der Waals surface area contributed by atoms with E-state index in [1.165, 1.54) is 5.56 Å². The molecule has 1 rings (SSSR count). The summed E-state index contributed by atoms with van der Waals surface area (Å²) in [4.78, 5) is 10.3. The molecule has 1 N–H and O–H groups in total. The van der Waals surface area contributed by atoms with Gasteiger partial charge in [0.05, 0.1) is 6.61 Å². The molecule has 0 aliphatic heterocycles. The van der Waals surface area contributed by atoms with Crippen molar-refractivity contribution in [2.45, 2.75) is 45.1 Å². The van der Waals surface area contributed by atoms with Crippen molar-refractivity contribution < 1.29 is 14.6 Å². The molecule has 3 heteroatoms. The van der Waals surface area contributed by atoms with Crippen LogP contribution in [0.25, 0.3) is 6.08 Å². The van der Waals surface area contributed by atoms with Gasteiger partial charge in [-0.1, -0.05) is 56.2 Å². The van der Waals surface area contributed by atoms with Crippen LogP contribution in [0.1, 0.15) is 49.7 Å². The molecule has 0 fully saturated rings. The molecule has 0 radical (unpaired) electrons. The quantitative estimate of drug-likeness (QED) is 0.614. The van der Waals surface area contributed by atoms with Gasteiger partial charge in [0.2, 0.25) is 0 Å². The number of carbonyl (C=O) groups is 1. The Bertz CT molecular complexity index is 395. The minimum atomic E-state index is -0.698. The third-order valence-corrected chi connectivity index (χ3v) is 3.16. The van der Waals surface area contributed by atoms with E-state index in [1.54, 1.807) is 0 Å². The average Bonchev–Trinajstić information content (AvgIpc) is 2.46. The number of carboxylic acids is 1. The fourth-order valence-electron chi connectivity index (χ4n) is 1.95. The summed E-state index contributed by atoms with van der Waals surface area (Å²) in [5, 5.41) is 8.50. The summed E-state index contributed by atoms with van der Waals surface area (Å²) in [6.45, 7) is 5.14. The maximum Gasteiger partial charge on any atom is 0.303 e. The van der Waals surface area contributed by atoms with Crippen LogP contribution >= 0.6 is 0 Å². The summed E-state index contributed by atoms with van der Waals surface area (Å²) in [6.07, 6.45) is 7.13. The van der Waals surface area contributed by atoms with Crippen molar-refractivity contribution in [1.29, 1.82) is 0 Å². The van der Waals surface area contributed by atoms with Crippen molar-refractivity contribution in [3.8, 4) is 0 Å². The molecule has 0 aliphatic carbocycles. The van der Waals surface area contributed by atoms with Gasteiger partial charge in [0.1, 0.15) is 0 Å². The van der Waals surface area contributed by atoms with E-state index in [9.17, 15) is 4.79 Å². The van der Waals surface area contributed by atoms with E-state index in [1.807, 2.05) is 18.2 Å². The Morgan fingerprint density at radius 3 is 2.40 bits per heavy atom. The van der Waals surface area contributed by atoms with E-state index in [0.717, 1.165) is 44.3 Å². The predicted molar refractivity (Wildman–Crippen MR) is 81.5 cm³/mol. The summed E-state index contributed by atoms with van der Waals surface area (Å²) in [6, 6.07) is 8.19. The van der Waals surface area contributed by atoms with Crippen LogP contribution in [0.15, 0.2) is 30.8 Å². The van der Waals surface area contributed by atoms with Crippen molar-refractivity contribution >= 4 is 12.0 Å². The number of unbranched alkanes of at least 4 members (excludes halogenated alkanes) is 4. The lowest BCUT2D eigenvalue weighted by molar-refractivity contribution is -0.137. The van der Waals surface area contributed by atoms with Gasteiger partial charge in [0.15, 0.2) is 0 Å². The molecule has 0 saturated heterocycles. The molecule has 1 aromatic carbocycles. The lowest BCUT2D eigenvalue weighted by Gasteiger charge is -2.05. The first-order valence-corrected chi connectivity index (χ1v) is 7.23. The third-order valence-electron chi connectivity index (χ3n) is 3.16. The molecule has 0 heterocycles. The molecule has 1 aromatic rings. The first-order valence-electron chi connectivity index (χ1n) is 7.23. The molecule has 0 amide bonds. The molecule has 0 aromatic heterocycles. The molecule has 0 spiro atoms. The monoisotopic (exact) mass is 276 g/mol. The SMILES string of the molecule is C=Cc1ccc(COCCCCCCCC(=O)O)cc1. The molecule has 0 aliphatic rings. The average molecular weight is 276 g/mol. The van der Waals surface area contributed by atoms with Crippen LogP contribution in [0.3, 0.4) is 0 Å². The lowest BCUT2D eigenvalue weighted by Crippen LogP contribution is -1.96. The zero-order valence-corrected chi connectivity index (χ0v) is 12.0. The highest BCUT2D eigenvalue weighted by molar-refractivity contribution is 5.66. The second kappa shape index (κ2) is 10.2. The van der Waals surface area contributed by atoms with Gasteiger partial charge in [0, 0.05) is 13.0 Å². The van der Waals surface area contributed by atoms with Gasteiger partial charge in [-0.3, -0.25) is 4.79 Å². The Labute approximate surface area is 121 Å². The summed E-state index contributed by atoms with van der Waals surface area (Å²) in [7, 11) is 0. The topological polar surface area (TPSA) is 46.5 Å². The number of rotatable bonds is 11. The van der Waals surface area contributed by atoms with E-state index >= 15 is 0 Å². The minimum Gasteiger partial charge on any atom is -0.481 e. The van der Waals surface area contributed by atoms with Crippen LogP contribution < -0.4 is 0 Å². The van der Waals surface area contributed by atoms with Gasteiger partial charge >= 0.3 is 5.97 Å². The zero-order valence-electron chi connectivity index (χ0n) is 12.0. The molecular formula is C17H24O3. The molecule has 110 valence electrons. The van der Waals surface area contributed by atoms with Crippen LogP contribution in [0.4, 0.5) is 0 Å². The Morgan fingerprint density at radius 1 is 1.10 bits per heavy atom. The Kier molecular flexibility index (Phi) is 8.40. The number of hydrogen-bond acceptors (Lipinski definition) is 2. The van der Waals surface area contributed by atoms with Crippen LogP contribution in [0.5, 0.6) is 0 Å². The Morgan fingerprint density at radius 2 is 1.75 bits per heavy atom. The van der Waals surface area contributed by atoms with E-state index in [0.29, 0.717) is 6.61 Å². The Hall–Kier alpha value is -1.61. The second-order valence-electron chi connectivity index (χ2n) is 4.91. The fourth-order valence-corrected chi connectivity index (χ4v) is 1.95. The molecular weight excluding hydrogens is 252 g/mol. The summed E-state index contributed by atoms with van der Waals surface area (Å²) >= 11 is 0. The van der Waals surface area contributed by atoms with Crippen LogP contribution in [0.2, 0.25) is 0 Å². The fraction of sp³-hybridized carbons (Fsp3) is 0.471. The molecule has 0 bridgehead atoms. The van der Waals surface area contributed by atoms with Gasteiger partial charge in [0.25, 0.3) is 0 Å². The number of carboxylic acid groups (broad SMARTS) is 1. The van der Waals surface area contributed by atoms with E-state index < -0.39 is 5.97 Å². The van der Waals surface area contributed by atoms with E-state index in [2.05, 4.69) is 18.7 Å². The summed E-state index contributed by atoms with van der Waals surface area (Å²) < 4.78 is 5.62. The Balaban J connectivity index is 1.96. The van der Waals surface area contributed by atoms with Crippen LogP contribution in [-0.2, 0) is 16.1 Å². The minimum absolute atomic E-state index is 0.289. The largest absolute Gasteiger partial charge is 0.481 e. The molecule has 0 saturated carbocycles. The molecule has 0 unspecified atom stereocenters. The molecule has 0 atom stereocenters. The maximum absolute atomic E-state index is 10.3. The van der Waals surface area contributed by atoms with Crippen LogP contribution in [-0.4, -0.2) is 17.7 Å². The number of hydrogen-bond donors (Lipinski definition) is 1. The van der Waals surface area contributed by atoms with Crippen molar-refractivity contribution in [2.24, 2.45) is 0 Å². The van der Waals surface area contributed by atoms with Gasteiger partial charge in [-0.15, -0.1) is 0 Å². The highest BCUT2D eigenvalue weighted by atomic mass is 16.5. The highest BCUT2D eigenvalue weighted by Crippen LogP contribution is 2.08. The molecule has 20 heavy (non-hydrogen) atoms. The van der Waals surface area contributed by atoms with Gasteiger partial charge in [-0.25, -0.2) is 0 Å². The van der Waals surface area contributed by atoms with Crippen molar-refractivity contribution in [3.05, 3.63) is 42.0 Å². The number of aliphatic carboxylic acids is 1. The van der Waals surface area contributed by atoms with Crippen molar-refractivity contribution in [2.75, 3.05) is 6.61 Å². The van der Waals surface area contributed by atoms with Crippen molar-refractivity contribution in [1.82, 2.24) is 0 Å². The van der Waals surface area contributed by atoms with E-state index in [4.69, 9.17) is 9.84 Å². The molecule has 3 nitrogen and oxygen atoms in total. The highest BCUT2D eigenvalue weighted by Gasteiger charge is 1.97. The maximum atomic E-state index is 10.3. The lowest BCUT2D eigenvalue weighted by atomic mass is 10.1. The first-order chi connectivity index (χ1) is 9.72. The van der Waals surface area contributed by atoms with Crippen molar-refractivity contribution in [3.63, 3.8) is 0 Å². The zero-order chi connectivity index (χ0) is 14.6.